The first-order chi connectivity index (χ1) is 15.0. The van der Waals surface area contributed by atoms with Crippen LogP contribution in [0.1, 0.15) is 24.5 Å². The van der Waals surface area contributed by atoms with Crippen molar-refractivity contribution in [2.24, 2.45) is 0 Å². The molecule has 1 heterocycles. The minimum Gasteiger partial charge on any atom is -0.493 e. The van der Waals surface area contributed by atoms with Gasteiger partial charge >= 0.3 is 0 Å². The molecule has 1 saturated heterocycles. The maximum atomic E-state index is 12.8. The van der Waals surface area contributed by atoms with Crippen LogP contribution in [0.5, 0.6) is 11.5 Å². The van der Waals surface area contributed by atoms with E-state index < -0.39 is 0 Å². The molecule has 0 spiro atoms. The number of benzene rings is 2. The molecule has 7 nitrogen and oxygen atoms in total. The summed E-state index contributed by atoms with van der Waals surface area (Å²) in [4.78, 5) is 17.5. The van der Waals surface area contributed by atoms with Gasteiger partial charge in [0.2, 0.25) is 5.91 Å². The Hall–Kier alpha value is -3.08. The zero-order valence-corrected chi connectivity index (χ0v) is 18.4. The van der Waals surface area contributed by atoms with Gasteiger partial charge in [0.15, 0.2) is 11.5 Å². The Morgan fingerprint density at radius 3 is 2.48 bits per heavy atom. The summed E-state index contributed by atoms with van der Waals surface area (Å²) in [5.74, 6) is 1.18. The normalized spacial score (nSPS) is 16.1. The van der Waals surface area contributed by atoms with Gasteiger partial charge in [-0.05, 0) is 49.7 Å². The first kappa shape index (κ1) is 22.6. The fourth-order valence-corrected chi connectivity index (χ4v) is 3.81. The minimum atomic E-state index is -0.233. The Bertz CT molecular complexity index is 923. The summed E-state index contributed by atoms with van der Waals surface area (Å²) in [5, 5.41) is 11.9. The fraction of sp³-hybridized carbons (Fsp3) is 0.417. The molecular weight excluding hydrogens is 392 g/mol. The van der Waals surface area contributed by atoms with E-state index in [1.165, 1.54) is 5.56 Å². The van der Waals surface area contributed by atoms with E-state index >= 15 is 0 Å². The van der Waals surface area contributed by atoms with Crippen molar-refractivity contribution in [2.75, 3.05) is 45.7 Å². The lowest BCUT2D eigenvalue weighted by atomic mass is 10.1. The molecule has 31 heavy (non-hydrogen) atoms. The molecule has 0 aromatic heterocycles. The van der Waals surface area contributed by atoms with Gasteiger partial charge in [0.1, 0.15) is 0 Å². The van der Waals surface area contributed by atoms with Crippen molar-refractivity contribution in [3.05, 3.63) is 53.6 Å². The highest BCUT2D eigenvalue weighted by molar-refractivity contribution is 5.94. The van der Waals surface area contributed by atoms with Gasteiger partial charge in [-0.15, -0.1) is 0 Å². The molecule has 1 atom stereocenters. The number of rotatable bonds is 7. The standard InChI is InChI=1S/C24H30N4O3/c1-18(24(29)26-21-9-10-22(30-2)23(15-21)31-3)28-12-4-11-27(13-14-28)17-20-7-5-19(16-25)6-8-20/h5-10,15,18H,4,11-14,17H2,1-3H3,(H,26,29). The lowest BCUT2D eigenvalue weighted by Gasteiger charge is -2.27. The molecule has 3 rings (SSSR count). The van der Waals surface area contributed by atoms with Gasteiger partial charge in [-0.3, -0.25) is 14.6 Å². The van der Waals surface area contributed by atoms with Gasteiger partial charge in [0.05, 0.1) is 31.9 Å². The number of hydrogen-bond donors (Lipinski definition) is 1. The van der Waals surface area contributed by atoms with Crippen molar-refractivity contribution in [1.82, 2.24) is 9.80 Å². The second-order valence-corrected chi connectivity index (χ2v) is 7.71. The number of nitrogens with one attached hydrogen (secondary N) is 1. The molecule has 1 fully saturated rings. The topological polar surface area (TPSA) is 77.8 Å². The molecule has 1 N–H and O–H groups in total. The van der Waals surface area contributed by atoms with Crippen LogP contribution in [0.25, 0.3) is 0 Å². The molecular formula is C24H30N4O3. The van der Waals surface area contributed by atoms with Crippen molar-refractivity contribution in [3.8, 4) is 17.6 Å². The number of nitrogens with zero attached hydrogens (tertiary/aromatic N) is 3. The summed E-state index contributed by atoms with van der Waals surface area (Å²) in [6.07, 6.45) is 1.00. The number of ether oxygens (including phenoxy) is 2. The predicted molar refractivity (Wildman–Crippen MR) is 120 cm³/mol. The third-order valence-corrected chi connectivity index (χ3v) is 5.69. The summed E-state index contributed by atoms with van der Waals surface area (Å²) in [7, 11) is 3.16. The fourth-order valence-electron chi connectivity index (χ4n) is 3.81. The smallest absolute Gasteiger partial charge is 0.241 e. The quantitative estimate of drug-likeness (QED) is 0.739. The van der Waals surface area contributed by atoms with Crippen LogP contribution in [-0.4, -0.2) is 62.1 Å². The van der Waals surface area contributed by atoms with Crippen molar-refractivity contribution in [1.29, 1.82) is 5.26 Å². The van der Waals surface area contributed by atoms with Crippen LogP contribution in [-0.2, 0) is 11.3 Å². The molecule has 164 valence electrons. The maximum Gasteiger partial charge on any atom is 0.241 e. The van der Waals surface area contributed by atoms with Gasteiger partial charge in [-0.25, -0.2) is 0 Å². The number of hydrogen-bond acceptors (Lipinski definition) is 6. The Kier molecular flexibility index (Phi) is 7.88. The van der Waals surface area contributed by atoms with Crippen LogP contribution in [0, 0.1) is 11.3 Å². The average Bonchev–Trinajstić information content (AvgIpc) is 3.04. The molecule has 1 aliphatic heterocycles. The van der Waals surface area contributed by atoms with E-state index in [1.54, 1.807) is 26.4 Å². The molecule has 2 aromatic rings. The summed E-state index contributed by atoms with van der Waals surface area (Å²) in [6.45, 7) is 6.40. The summed E-state index contributed by atoms with van der Waals surface area (Å²) in [6, 6.07) is 15.0. The van der Waals surface area contributed by atoms with Gasteiger partial charge in [-0.2, -0.15) is 5.26 Å². The van der Waals surface area contributed by atoms with Gasteiger partial charge in [0.25, 0.3) is 0 Å². The average molecular weight is 423 g/mol. The minimum absolute atomic E-state index is 0.0345. The van der Waals surface area contributed by atoms with Crippen molar-refractivity contribution < 1.29 is 14.3 Å². The van der Waals surface area contributed by atoms with Crippen LogP contribution in [0.2, 0.25) is 0 Å². The van der Waals surface area contributed by atoms with Crippen molar-refractivity contribution in [2.45, 2.75) is 25.9 Å². The summed E-state index contributed by atoms with van der Waals surface area (Å²) >= 11 is 0. The summed E-state index contributed by atoms with van der Waals surface area (Å²) < 4.78 is 10.6. The van der Waals surface area contributed by atoms with Gasteiger partial charge in [-0.1, -0.05) is 12.1 Å². The Labute approximate surface area is 184 Å². The van der Waals surface area contributed by atoms with E-state index in [9.17, 15) is 4.79 Å². The molecule has 7 heteroatoms. The Morgan fingerprint density at radius 1 is 1.06 bits per heavy atom. The largest absolute Gasteiger partial charge is 0.493 e. The second-order valence-electron chi connectivity index (χ2n) is 7.71. The molecule has 1 aliphatic rings. The lowest BCUT2D eigenvalue weighted by molar-refractivity contribution is -0.120. The van der Waals surface area contributed by atoms with E-state index in [0.29, 0.717) is 22.7 Å². The third-order valence-electron chi connectivity index (χ3n) is 5.69. The van der Waals surface area contributed by atoms with Crippen LogP contribution < -0.4 is 14.8 Å². The molecule has 1 unspecified atom stereocenters. The number of nitriles is 1. The first-order valence-corrected chi connectivity index (χ1v) is 10.5. The van der Waals surface area contributed by atoms with E-state index in [0.717, 1.165) is 39.1 Å². The number of methoxy groups -OCH3 is 2. The van der Waals surface area contributed by atoms with Crippen LogP contribution in [0.3, 0.4) is 0 Å². The number of carbonyl (C=O) groups is 1. The SMILES string of the molecule is COc1ccc(NC(=O)C(C)N2CCCN(Cc3ccc(C#N)cc3)CC2)cc1OC. The molecule has 0 radical (unpaired) electrons. The van der Waals surface area contributed by atoms with Gasteiger partial charge in [0, 0.05) is 37.9 Å². The highest BCUT2D eigenvalue weighted by Crippen LogP contribution is 2.29. The van der Waals surface area contributed by atoms with E-state index in [2.05, 4.69) is 21.2 Å². The van der Waals surface area contributed by atoms with Gasteiger partial charge < -0.3 is 14.8 Å². The highest BCUT2D eigenvalue weighted by atomic mass is 16.5. The second kappa shape index (κ2) is 10.8. The molecule has 0 bridgehead atoms. The van der Waals surface area contributed by atoms with E-state index in [1.807, 2.05) is 37.3 Å². The molecule has 0 aliphatic carbocycles. The molecule has 0 saturated carbocycles. The Balaban J connectivity index is 1.55. The highest BCUT2D eigenvalue weighted by Gasteiger charge is 2.24. The monoisotopic (exact) mass is 422 g/mol. The van der Waals surface area contributed by atoms with Crippen molar-refractivity contribution >= 4 is 11.6 Å². The zero-order valence-electron chi connectivity index (χ0n) is 18.4. The van der Waals surface area contributed by atoms with Crippen LogP contribution in [0.4, 0.5) is 5.69 Å². The number of carbonyl (C=O) groups excluding carboxylic acids is 1. The Morgan fingerprint density at radius 2 is 1.81 bits per heavy atom. The number of amides is 1. The third kappa shape index (κ3) is 5.97. The van der Waals surface area contributed by atoms with Crippen molar-refractivity contribution in [3.63, 3.8) is 0 Å². The van der Waals surface area contributed by atoms with E-state index in [4.69, 9.17) is 14.7 Å². The van der Waals surface area contributed by atoms with E-state index in [-0.39, 0.29) is 11.9 Å². The van der Waals surface area contributed by atoms with Crippen LogP contribution in [0.15, 0.2) is 42.5 Å². The maximum absolute atomic E-state index is 12.8. The first-order valence-electron chi connectivity index (χ1n) is 10.5. The zero-order chi connectivity index (χ0) is 22.2. The summed E-state index contributed by atoms with van der Waals surface area (Å²) in [5.41, 5.74) is 2.57. The lowest BCUT2D eigenvalue weighted by Crippen LogP contribution is -2.43. The predicted octanol–water partition coefficient (Wildman–Crippen LogP) is 3.11. The molecule has 1 amide bonds. The number of anilines is 1. The molecule has 2 aromatic carbocycles. The van der Waals surface area contributed by atoms with Crippen LogP contribution >= 0.6 is 0 Å².